The van der Waals surface area contributed by atoms with Gasteiger partial charge >= 0.3 is 0 Å². The molecule has 96 valence electrons. The van der Waals surface area contributed by atoms with Crippen molar-refractivity contribution in [2.24, 2.45) is 0 Å². The first-order chi connectivity index (χ1) is 9.22. The summed E-state index contributed by atoms with van der Waals surface area (Å²) in [5.74, 6) is -0.104. The molecule has 1 N–H and O–H groups in total. The van der Waals surface area contributed by atoms with Crippen molar-refractivity contribution in [1.82, 2.24) is 0 Å². The van der Waals surface area contributed by atoms with Crippen LogP contribution in [0.5, 0.6) is 5.75 Å². The highest BCUT2D eigenvalue weighted by molar-refractivity contribution is 5.42. The summed E-state index contributed by atoms with van der Waals surface area (Å²) in [5, 5.41) is 18.8. The third kappa shape index (κ3) is 3.09. The fraction of sp³-hybridized carbons (Fsp3) is 0.133. The van der Waals surface area contributed by atoms with Gasteiger partial charge in [-0.05, 0) is 18.2 Å². The number of rotatable bonds is 4. The third-order valence-electron chi connectivity index (χ3n) is 2.67. The average molecular weight is 257 g/mol. The van der Waals surface area contributed by atoms with E-state index >= 15 is 0 Å². The molecule has 0 aliphatic carbocycles. The lowest BCUT2D eigenvalue weighted by atomic mass is 10.1. The van der Waals surface area contributed by atoms with Crippen LogP contribution in [-0.2, 0) is 0 Å². The van der Waals surface area contributed by atoms with Crippen LogP contribution in [0.3, 0.4) is 0 Å². The molecule has 2 rings (SSSR count). The van der Waals surface area contributed by atoms with E-state index in [1.54, 1.807) is 36.4 Å². The van der Waals surface area contributed by atoms with Gasteiger partial charge in [0.25, 0.3) is 0 Å². The maximum atomic E-state index is 13.4. The summed E-state index contributed by atoms with van der Waals surface area (Å²) in [4.78, 5) is 0. The molecule has 0 saturated carbocycles. The van der Waals surface area contributed by atoms with Gasteiger partial charge < -0.3 is 9.84 Å². The van der Waals surface area contributed by atoms with E-state index in [2.05, 4.69) is 0 Å². The van der Waals surface area contributed by atoms with Crippen LogP contribution in [0.15, 0.2) is 48.5 Å². The molecular weight excluding hydrogens is 245 g/mol. The Bertz CT molecular complexity index is 607. The van der Waals surface area contributed by atoms with Crippen molar-refractivity contribution in [3.63, 3.8) is 0 Å². The van der Waals surface area contributed by atoms with E-state index in [-0.39, 0.29) is 12.2 Å². The summed E-state index contributed by atoms with van der Waals surface area (Å²) in [5.41, 5.74) is 0.556. The van der Waals surface area contributed by atoms with Gasteiger partial charge in [-0.2, -0.15) is 5.26 Å². The van der Waals surface area contributed by atoms with Gasteiger partial charge in [0.2, 0.25) is 0 Å². The highest BCUT2D eigenvalue weighted by Crippen LogP contribution is 2.21. The van der Waals surface area contributed by atoms with Gasteiger partial charge in [0.05, 0.1) is 5.56 Å². The second-order valence-electron chi connectivity index (χ2n) is 3.96. The summed E-state index contributed by atoms with van der Waals surface area (Å²) < 4.78 is 18.8. The molecule has 3 nitrogen and oxygen atoms in total. The molecule has 0 amide bonds. The lowest BCUT2D eigenvalue weighted by Gasteiger charge is -2.13. The number of nitriles is 1. The molecule has 1 atom stereocenters. The number of aliphatic hydroxyl groups is 1. The molecule has 0 aliphatic rings. The fourth-order valence-electron chi connectivity index (χ4n) is 1.69. The molecule has 0 bridgehead atoms. The number of hydrogen-bond acceptors (Lipinski definition) is 3. The van der Waals surface area contributed by atoms with Crippen molar-refractivity contribution >= 4 is 0 Å². The molecule has 19 heavy (non-hydrogen) atoms. The zero-order valence-corrected chi connectivity index (χ0v) is 10.1. The van der Waals surface area contributed by atoms with Gasteiger partial charge in [0.1, 0.15) is 30.3 Å². The molecular formula is C15H12FNO2. The highest BCUT2D eigenvalue weighted by atomic mass is 19.1. The maximum Gasteiger partial charge on any atom is 0.137 e. The van der Waals surface area contributed by atoms with Crippen LogP contribution in [0, 0.1) is 17.1 Å². The van der Waals surface area contributed by atoms with Crippen molar-refractivity contribution < 1.29 is 14.2 Å². The number of aliphatic hydroxyl groups excluding tert-OH is 1. The molecule has 4 heteroatoms. The van der Waals surface area contributed by atoms with E-state index in [1.807, 2.05) is 6.07 Å². The Morgan fingerprint density at radius 2 is 1.84 bits per heavy atom. The SMILES string of the molecule is N#Cc1ccccc1OC[C@H](O)c1ccccc1F. The van der Waals surface area contributed by atoms with Gasteiger partial charge in [-0.1, -0.05) is 30.3 Å². The summed E-state index contributed by atoms with van der Waals surface area (Å²) >= 11 is 0. The Balaban J connectivity index is 2.07. The zero-order chi connectivity index (χ0) is 13.7. The van der Waals surface area contributed by atoms with Crippen LogP contribution in [-0.4, -0.2) is 11.7 Å². The van der Waals surface area contributed by atoms with Crippen LogP contribution >= 0.6 is 0 Å². The Morgan fingerprint density at radius 1 is 1.16 bits per heavy atom. The Labute approximate surface area is 110 Å². The number of para-hydroxylation sites is 1. The smallest absolute Gasteiger partial charge is 0.137 e. The lowest BCUT2D eigenvalue weighted by Crippen LogP contribution is -2.11. The minimum absolute atomic E-state index is 0.111. The molecule has 0 unspecified atom stereocenters. The molecule has 0 aromatic heterocycles. The molecule has 2 aromatic rings. The minimum atomic E-state index is -1.08. The third-order valence-corrected chi connectivity index (χ3v) is 2.67. The van der Waals surface area contributed by atoms with Crippen LogP contribution in [0.25, 0.3) is 0 Å². The van der Waals surface area contributed by atoms with Crippen molar-refractivity contribution in [2.75, 3.05) is 6.61 Å². The van der Waals surface area contributed by atoms with Gasteiger partial charge in [0, 0.05) is 5.56 Å². The van der Waals surface area contributed by atoms with Crippen LogP contribution in [0.4, 0.5) is 4.39 Å². The van der Waals surface area contributed by atoms with Gasteiger partial charge in [-0.25, -0.2) is 4.39 Å². The quantitative estimate of drug-likeness (QED) is 0.916. The second-order valence-corrected chi connectivity index (χ2v) is 3.96. The van der Waals surface area contributed by atoms with Gasteiger partial charge in [0.15, 0.2) is 0 Å². The summed E-state index contributed by atoms with van der Waals surface area (Å²) in [7, 11) is 0. The topological polar surface area (TPSA) is 53.2 Å². The molecule has 0 aliphatic heterocycles. The van der Waals surface area contributed by atoms with E-state index in [0.29, 0.717) is 11.3 Å². The minimum Gasteiger partial charge on any atom is -0.489 e. The van der Waals surface area contributed by atoms with E-state index in [4.69, 9.17) is 10.00 Å². The van der Waals surface area contributed by atoms with E-state index in [0.717, 1.165) is 0 Å². The number of ether oxygens (including phenoxy) is 1. The summed E-state index contributed by atoms with van der Waals surface area (Å²) in [6.07, 6.45) is -1.08. The number of benzene rings is 2. The van der Waals surface area contributed by atoms with Gasteiger partial charge in [-0.3, -0.25) is 0 Å². The first-order valence-electron chi connectivity index (χ1n) is 5.77. The number of nitrogens with zero attached hydrogens (tertiary/aromatic N) is 1. The first kappa shape index (κ1) is 13.1. The molecule has 2 aromatic carbocycles. The van der Waals surface area contributed by atoms with E-state index in [9.17, 15) is 9.50 Å². The predicted octanol–water partition coefficient (Wildman–Crippen LogP) is 2.81. The summed E-state index contributed by atoms with van der Waals surface area (Å²) in [6, 6.07) is 14.7. The van der Waals surface area contributed by atoms with Crippen molar-refractivity contribution in [3.8, 4) is 11.8 Å². The normalized spacial score (nSPS) is 11.6. The maximum absolute atomic E-state index is 13.4. The Morgan fingerprint density at radius 3 is 2.58 bits per heavy atom. The Kier molecular flexibility index (Phi) is 4.11. The van der Waals surface area contributed by atoms with E-state index < -0.39 is 11.9 Å². The van der Waals surface area contributed by atoms with Crippen LogP contribution < -0.4 is 4.74 Å². The highest BCUT2D eigenvalue weighted by Gasteiger charge is 2.13. The van der Waals surface area contributed by atoms with Crippen molar-refractivity contribution in [2.45, 2.75) is 6.10 Å². The van der Waals surface area contributed by atoms with Crippen LogP contribution in [0.2, 0.25) is 0 Å². The standard InChI is InChI=1S/C15H12FNO2/c16-13-7-3-2-6-12(13)14(18)10-19-15-8-4-1-5-11(15)9-17/h1-8,14,18H,10H2/t14-/m0/s1. The molecule has 0 heterocycles. The largest absolute Gasteiger partial charge is 0.489 e. The second kappa shape index (κ2) is 5.98. The predicted molar refractivity (Wildman–Crippen MR) is 68.0 cm³/mol. The fourth-order valence-corrected chi connectivity index (χ4v) is 1.69. The number of hydrogen-bond donors (Lipinski definition) is 1. The summed E-state index contributed by atoms with van der Waals surface area (Å²) in [6.45, 7) is -0.111. The molecule has 0 spiro atoms. The van der Waals surface area contributed by atoms with Crippen LogP contribution in [0.1, 0.15) is 17.2 Å². The Hall–Kier alpha value is -2.38. The first-order valence-corrected chi connectivity index (χ1v) is 5.77. The molecule has 0 fully saturated rings. The van der Waals surface area contributed by atoms with Crippen molar-refractivity contribution in [1.29, 1.82) is 5.26 Å². The lowest BCUT2D eigenvalue weighted by molar-refractivity contribution is 0.105. The van der Waals surface area contributed by atoms with Gasteiger partial charge in [-0.15, -0.1) is 0 Å². The average Bonchev–Trinajstić information content (AvgIpc) is 2.45. The van der Waals surface area contributed by atoms with Crippen molar-refractivity contribution in [3.05, 3.63) is 65.5 Å². The zero-order valence-electron chi connectivity index (χ0n) is 10.1. The van der Waals surface area contributed by atoms with E-state index in [1.165, 1.54) is 12.1 Å². The molecule has 0 radical (unpaired) electrons. The monoisotopic (exact) mass is 257 g/mol. The molecule has 0 saturated heterocycles. The number of halogens is 1.